The van der Waals surface area contributed by atoms with Crippen molar-refractivity contribution in [2.75, 3.05) is 19.8 Å². The Balaban J connectivity index is 2.12. The number of thiophene rings is 1. The van der Waals surface area contributed by atoms with E-state index in [4.69, 9.17) is 32.7 Å². The van der Waals surface area contributed by atoms with E-state index in [0.717, 1.165) is 5.56 Å². The Bertz CT molecular complexity index is 339. The van der Waals surface area contributed by atoms with Gasteiger partial charge in [-0.15, -0.1) is 11.3 Å². The largest absolute Gasteiger partial charge is 0.376 e. The molecule has 15 heavy (non-hydrogen) atoms. The Morgan fingerprint density at radius 3 is 2.80 bits per heavy atom. The van der Waals surface area contributed by atoms with E-state index in [1.54, 1.807) is 0 Å². The van der Waals surface area contributed by atoms with E-state index in [0.29, 0.717) is 28.5 Å². The summed E-state index contributed by atoms with van der Waals surface area (Å²) in [5.74, 6) is 0. The van der Waals surface area contributed by atoms with Crippen LogP contribution in [-0.2, 0) is 9.47 Å². The third kappa shape index (κ3) is 2.87. The van der Waals surface area contributed by atoms with Crippen molar-refractivity contribution in [1.82, 2.24) is 0 Å². The van der Waals surface area contributed by atoms with Crippen molar-refractivity contribution < 1.29 is 9.47 Å². The molecule has 1 aliphatic rings. The molecule has 1 aliphatic heterocycles. The Labute approximate surface area is 111 Å². The molecular formula is C9H9BrCl2O2S. The van der Waals surface area contributed by atoms with Crippen LogP contribution in [0.25, 0.3) is 0 Å². The normalized spacial score (nSPS) is 24.1. The van der Waals surface area contributed by atoms with Crippen molar-refractivity contribution in [3.8, 4) is 0 Å². The van der Waals surface area contributed by atoms with E-state index < -0.39 is 0 Å². The van der Waals surface area contributed by atoms with Crippen molar-refractivity contribution in [3.05, 3.63) is 20.3 Å². The molecule has 1 saturated heterocycles. The highest BCUT2D eigenvalue weighted by Gasteiger charge is 2.27. The second-order valence-corrected chi connectivity index (χ2v) is 6.44. The minimum absolute atomic E-state index is 0.00177. The summed E-state index contributed by atoms with van der Waals surface area (Å²) in [6.45, 7) is 1.87. The molecule has 0 aromatic carbocycles. The molecule has 0 amide bonds. The third-order valence-electron chi connectivity index (χ3n) is 2.15. The molecule has 0 N–H and O–H groups in total. The summed E-state index contributed by atoms with van der Waals surface area (Å²) >= 11 is 16.9. The molecule has 2 rings (SSSR count). The van der Waals surface area contributed by atoms with E-state index in [1.165, 1.54) is 11.3 Å². The van der Waals surface area contributed by atoms with E-state index in [2.05, 4.69) is 15.9 Å². The van der Waals surface area contributed by atoms with Crippen molar-refractivity contribution in [3.63, 3.8) is 0 Å². The molecule has 2 heterocycles. The van der Waals surface area contributed by atoms with Crippen LogP contribution < -0.4 is 0 Å². The lowest BCUT2D eigenvalue weighted by Crippen LogP contribution is -2.31. The Morgan fingerprint density at radius 2 is 2.27 bits per heavy atom. The van der Waals surface area contributed by atoms with Crippen LogP contribution in [0, 0.1) is 0 Å². The maximum absolute atomic E-state index is 6.07. The summed E-state index contributed by atoms with van der Waals surface area (Å²) in [4.78, 5) is 0.0362. The fraction of sp³-hybridized carbons (Fsp3) is 0.556. The molecule has 1 aromatic heterocycles. The lowest BCUT2D eigenvalue weighted by Gasteiger charge is -2.26. The van der Waals surface area contributed by atoms with Crippen LogP contribution in [0.4, 0.5) is 0 Å². The first-order valence-electron chi connectivity index (χ1n) is 4.46. The van der Waals surface area contributed by atoms with Crippen LogP contribution in [0.5, 0.6) is 0 Å². The Kier molecular flexibility index (Phi) is 4.32. The molecule has 0 bridgehead atoms. The molecule has 0 aliphatic carbocycles. The quantitative estimate of drug-likeness (QED) is 0.765. The molecular weight excluding hydrogens is 323 g/mol. The van der Waals surface area contributed by atoms with Crippen molar-refractivity contribution >= 4 is 50.5 Å². The first kappa shape index (κ1) is 12.1. The average molecular weight is 332 g/mol. The van der Waals surface area contributed by atoms with Gasteiger partial charge in [0.15, 0.2) is 0 Å². The van der Waals surface area contributed by atoms with Crippen LogP contribution >= 0.6 is 50.5 Å². The van der Waals surface area contributed by atoms with E-state index in [1.807, 2.05) is 6.07 Å². The number of hydrogen-bond acceptors (Lipinski definition) is 3. The third-order valence-corrected chi connectivity index (χ3v) is 4.75. The van der Waals surface area contributed by atoms with Gasteiger partial charge in [0, 0.05) is 0 Å². The van der Waals surface area contributed by atoms with Gasteiger partial charge in [0.05, 0.1) is 39.4 Å². The predicted molar refractivity (Wildman–Crippen MR) is 66.6 cm³/mol. The monoisotopic (exact) mass is 330 g/mol. The van der Waals surface area contributed by atoms with Gasteiger partial charge in [-0.05, 0) is 11.6 Å². The molecule has 1 fully saturated rings. The first-order valence-corrected chi connectivity index (χ1v) is 6.95. The van der Waals surface area contributed by atoms with Gasteiger partial charge in [0.25, 0.3) is 0 Å². The minimum Gasteiger partial charge on any atom is -0.376 e. The number of alkyl halides is 1. The molecule has 0 saturated carbocycles. The van der Waals surface area contributed by atoms with Gasteiger partial charge in [-0.2, -0.15) is 0 Å². The SMILES string of the molecule is Clc1cc(C(Br)C2COCCO2)c(Cl)s1. The average Bonchev–Trinajstić information content (AvgIpc) is 2.58. The van der Waals surface area contributed by atoms with Crippen molar-refractivity contribution in [1.29, 1.82) is 0 Å². The maximum Gasteiger partial charge on any atom is 0.0988 e. The van der Waals surface area contributed by atoms with Crippen LogP contribution in [0.2, 0.25) is 8.67 Å². The minimum atomic E-state index is 0.00177. The van der Waals surface area contributed by atoms with E-state index >= 15 is 0 Å². The van der Waals surface area contributed by atoms with Crippen molar-refractivity contribution in [2.45, 2.75) is 10.9 Å². The van der Waals surface area contributed by atoms with Crippen molar-refractivity contribution in [2.24, 2.45) is 0 Å². The Morgan fingerprint density at radius 1 is 1.47 bits per heavy atom. The highest BCUT2D eigenvalue weighted by Crippen LogP contribution is 2.40. The highest BCUT2D eigenvalue weighted by molar-refractivity contribution is 9.09. The zero-order valence-electron chi connectivity index (χ0n) is 7.71. The fourth-order valence-electron chi connectivity index (χ4n) is 1.42. The maximum atomic E-state index is 6.07. The second kappa shape index (κ2) is 5.34. The molecule has 2 unspecified atom stereocenters. The van der Waals surface area contributed by atoms with Gasteiger partial charge in [-0.25, -0.2) is 0 Å². The number of halogens is 3. The number of hydrogen-bond donors (Lipinski definition) is 0. The zero-order chi connectivity index (χ0) is 10.8. The number of rotatable bonds is 2. The van der Waals surface area contributed by atoms with E-state index in [9.17, 15) is 0 Å². The summed E-state index contributed by atoms with van der Waals surface area (Å²) in [5.41, 5.74) is 0.974. The topological polar surface area (TPSA) is 18.5 Å². The zero-order valence-corrected chi connectivity index (χ0v) is 11.6. The highest BCUT2D eigenvalue weighted by atomic mass is 79.9. The number of ether oxygens (including phenoxy) is 2. The molecule has 1 aromatic rings. The lowest BCUT2D eigenvalue weighted by atomic mass is 10.1. The molecule has 84 valence electrons. The summed E-state index contributed by atoms with van der Waals surface area (Å²) in [5, 5.41) is 0. The standard InChI is InChI=1S/C9H9BrCl2O2S/c10-8(6-4-13-1-2-14-6)5-3-7(11)15-9(5)12/h3,6,8H,1-2,4H2. The van der Waals surface area contributed by atoms with Crippen LogP contribution in [-0.4, -0.2) is 25.9 Å². The first-order chi connectivity index (χ1) is 7.18. The molecule has 2 atom stereocenters. The molecule has 0 radical (unpaired) electrons. The van der Waals surface area contributed by atoms with Gasteiger partial charge >= 0.3 is 0 Å². The smallest absolute Gasteiger partial charge is 0.0988 e. The second-order valence-electron chi connectivity index (χ2n) is 3.17. The van der Waals surface area contributed by atoms with Gasteiger partial charge in [0.2, 0.25) is 0 Å². The Hall–Kier alpha value is 0.680. The predicted octanol–water partition coefficient (Wildman–Crippen LogP) is 3.91. The van der Waals surface area contributed by atoms with Gasteiger partial charge in [-0.3, -0.25) is 0 Å². The van der Waals surface area contributed by atoms with Crippen LogP contribution in [0.15, 0.2) is 6.07 Å². The lowest BCUT2D eigenvalue weighted by molar-refractivity contribution is -0.0876. The molecule has 2 nitrogen and oxygen atoms in total. The van der Waals surface area contributed by atoms with E-state index in [-0.39, 0.29) is 10.9 Å². The summed E-state index contributed by atoms with van der Waals surface area (Å²) < 4.78 is 12.3. The summed E-state index contributed by atoms with van der Waals surface area (Å²) in [7, 11) is 0. The van der Waals surface area contributed by atoms with Gasteiger partial charge in [-0.1, -0.05) is 39.1 Å². The van der Waals surface area contributed by atoms with Crippen LogP contribution in [0.1, 0.15) is 10.4 Å². The summed E-state index contributed by atoms with van der Waals surface area (Å²) in [6.07, 6.45) is 0.00177. The van der Waals surface area contributed by atoms with Gasteiger partial charge < -0.3 is 9.47 Å². The molecule has 6 heteroatoms. The fourth-order valence-corrected chi connectivity index (χ4v) is 3.92. The molecule has 0 spiro atoms. The van der Waals surface area contributed by atoms with Crippen LogP contribution in [0.3, 0.4) is 0 Å². The van der Waals surface area contributed by atoms with Gasteiger partial charge in [0.1, 0.15) is 0 Å². The summed E-state index contributed by atoms with van der Waals surface area (Å²) in [6, 6.07) is 1.87.